The molecule has 0 radical (unpaired) electrons. The Bertz CT molecular complexity index is 1340. The van der Waals surface area contributed by atoms with E-state index < -0.39 is 0 Å². The minimum Gasteiger partial charge on any atom is -0.340 e. The maximum atomic E-state index is 13.8. The molecule has 4 aromatic rings. The highest BCUT2D eigenvalue weighted by Gasteiger charge is 2.28. The Morgan fingerprint density at radius 1 is 1.15 bits per heavy atom. The monoisotopic (exact) mass is 457 g/mol. The molecule has 0 saturated carbocycles. The second-order valence-corrected chi connectivity index (χ2v) is 8.53. The van der Waals surface area contributed by atoms with Crippen molar-refractivity contribution >= 4 is 17.4 Å². The number of hydrogen-bond acceptors (Lipinski definition) is 6. The highest BCUT2D eigenvalue weighted by atomic mass is 19.1. The van der Waals surface area contributed by atoms with Crippen LogP contribution in [-0.2, 0) is 13.0 Å². The lowest BCUT2D eigenvalue weighted by molar-refractivity contribution is 0.0728. The number of aromatic amines is 1. The van der Waals surface area contributed by atoms with Crippen molar-refractivity contribution < 1.29 is 9.18 Å². The van der Waals surface area contributed by atoms with Gasteiger partial charge < -0.3 is 10.2 Å². The standard InChI is InChI=1S/C25H24FN7O/c1-15(2)21-13-22(32-31-21)25(34)33-11-8-20-19(14-33)24(28-18-5-3-4-17(26)12-18)30-23(29-20)16-6-9-27-10-7-16/h3-7,9-10,12-13,15H,8,11,14H2,1-2H3,(H,31,32)(H,28,29,30). The molecule has 4 heterocycles. The van der Waals surface area contributed by atoms with E-state index in [2.05, 4.69) is 20.5 Å². The molecule has 172 valence electrons. The molecule has 1 aliphatic heterocycles. The van der Waals surface area contributed by atoms with Gasteiger partial charge in [0.05, 0.1) is 12.2 Å². The first-order chi connectivity index (χ1) is 16.5. The number of anilines is 2. The van der Waals surface area contributed by atoms with Gasteiger partial charge in [0, 0.05) is 47.9 Å². The van der Waals surface area contributed by atoms with Crippen molar-refractivity contribution in [3.63, 3.8) is 0 Å². The first-order valence-corrected chi connectivity index (χ1v) is 11.2. The molecule has 1 aliphatic rings. The topological polar surface area (TPSA) is 99.7 Å². The number of nitrogens with zero attached hydrogens (tertiary/aromatic N) is 5. The Kier molecular flexibility index (Phi) is 5.75. The molecular weight excluding hydrogens is 433 g/mol. The molecule has 1 aromatic carbocycles. The van der Waals surface area contributed by atoms with Crippen LogP contribution >= 0.6 is 0 Å². The van der Waals surface area contributed by atoms with Crippen molar-refractivity contribution in [3.8, 4) is 11.4 Å². The molecule has 0 fully saturated rings. The molecule has 0 bridgehead atoms. The van der Waals surface area contributed by atoms with Crippen LogP contribution in [0.5, 0.6) is 0 Å². The van der Waals surface area contributed by atoms with E-state index in [1.165, 1.54) is 12.1 Å². The summed E-state index contributed by atoms with van der Waals surface area (Å²) in [4.78, 5) is 28.5. The molecule has 0 atom stereocenters. The number of rotatable bonds is 5. The van der Waals surface area contributed by atoms with Crippen LogP contribution in [0.2, 0.25) is 0 Å². The molecular formula is C25H24FN7O. The third-order valence-corrected chi connectivity index (χ3v) is 5.81. The van der Waals surface area contributed by atoms with Crippen LogP contribution < -0.4 is 5.32 Å². The summed E-state index contributed by atoms with van der Waals surface area (Å²) < 4.78 is 13.8. The summed E-state index contributed by atoms with van der Waals surface area (Å²) in [5.74, 6) is 0.846. The highest BCUT2D eigenvalue weighted by molar-refractivity contribution is 5.92. The summed E-state index contributed by atoms with van der Waals surface area (Å²) in [6, 6.07) is 11.7. The Morgan fingerprint density at radius 2 is 1.97 bits per heavy atom. The molecule has 0 saturated heterocycles. The molecule has 9 heteroatoms. The zero-order chi connectivity index (χ0) is 23.7. The van der Waals surface area contributed by atoms with E-state index in [-0.39, 0.29) is 17.6 Å². The number of benzene rings is 1. The maximum absolute atomic E-state index is 13.8. The molecule has 3 aromatic heterocycles. The summed E-state index contributed by atoms with van der Waals surface area (Å²) in [6.07, 6.45) is 3.95. The van der Waals surface area contributed by atoms with Gasteiger partial charge in [0.15, 0.2) is 5.82 Å². The van der Waals surface area contributed by atoms with Gasteiger partial charge >= 0.3 is 0 Å². The van der Waals surface area contributed by atoms with Crippen LogP contribution in [0.1, 0.15) is 47.2 Å². The summed E-state index contributed by atoms with van der Waals surface area (Å²) in [6.45, 7) is 4.93. The molecule has 0 unspecified atom stereocenters. The quantitative estimate of drug-likeness (QED) is 0.459. The fourth-order valence-electron chi connectivity index (χ4n) is 3.93. The first-order valence-electron chi connectivity index (χ1n) is 11.2. The van der Waals surface area contributed by atoms with Gasteiger partial charge in [-0.15, -0.1) is 0 Å². The predicted molar refractivity (Wildman–Crippen MR) is 126 cm³/mol. The number of halogens is 1. The van der Waals surface area contributed by atoms with Crippen molar-refractivity contribution in [2.45, 2.75) is 32.7 Å². The summed E-state index contributed by atoms with van der Waals surface area (Å²) >= 11 is 0. The number of amides is 1. The van der Waals surface area contributed by atoms with Gasteiger partial charge in [0.25, 0.3) is 5.91 Å². The molecule has 5 rings (SSSR count). The second-order valence-electron chi connectivity index (χ2n) is 8.53. The van der Waals surface area contributed by atoms with Crippen molar-refractivity contribution in [3.05, 3.63) is 83.3 Å². The van der Waals surface area contributed by atoms with Crippen molar-refractivity contribution in [1.29, 1.82) is 0 Å². The normalized spacial score (nSPS) is 13.1. The first kappa shape index (κ1) is 21.7. The van der Waals surface area contributed by atoms with E-state index in [9.17, 15) is 9.18 Å². The van der Waals surface area contributed by atoms with Crippen LogP contribution in [-0.4, -0.2) is 42.5 Å². The van der Waals surface area contributed by atoms with Gasteiger partial charge in [0.1, 0.15) is 17.3 Å². The molecule has 2 N–H and O–H groups in total. The summed E-state index contributed by atoms with van der Waals surface area (Å²) in [5.41, 5.74) is 4.37. The van der Waals surface area contributed by atoms with Crippen LogP contribution in [0, 0.1) is 5.82 Å². The van der Waals surface area contributed by atoms with Crippen LogP contribution in [0.3, 0.4) is 0 Å². The number of carbonyl (C=O) groups is 1. The largest absolute Gasteiger partial charge is 0.340 e. The van der Waals surface area contributed by atoms with Gasteiger partial charge in [-0.2, -0.15) is 5.10 Å². The number of H-pyrrole nitrogens is 1. The zero-order valence-corrected chi connectivity index (χ0v) is 18.9. The third kappa shape index (κ3) is 4.36. The van der Waals surface area contributed by atoms with Crippen LogP contribution in [0.4, 0.5) is 15.9 Å². The summed E-state index contributed by atoms with van der Waals surface area (Å²) in [7, 11) is 0. The van der Waals surface area contributed by atoms with Gasteiger partial charge in [-0.3, -0.25) is 14.9 Å². The van der Waals surface area contributed by atoms with Gasteiger partial charge in [-0.05, 0) is 42.3 Å². The number of fused-ring (bicyclic) bond motifs is 1. The Hall–Kier alpha value is -4.14. The minimum absolute atomic E-state index is 0.149. The Labute approximate surface area is 196 Å². The van der Waals surface area contributed by atoms with E-state index in [1.54, 1.807) is 35.5 Å². The van der Waals surface area contributed by atoms with E-state index in [0.717, 1.165) is 22.5 Å². The van der Waals surface area contributed by atoms with Crippen LogP contribution in [0.25, 0.3) is 11.4 Å². The second kappa shape index (κ2) is 9.01. The van der Waals surface area contributed by atoms with Crippen molar-refractivity contribution in [1.82, 2.24) is 30.0 Å². The van der Waals surface area contributed by atoms with E-state index in [1.807, 2.05) is 26.0 Å². The predicted octanol–water partition coefficient (Wildman–Crippen LogP) is 4.47. The fourth-order valence-corrected chi connectivity index (χ4v) is 3.93. The van der Waals surface area contributed by atoms with Crippen molar-refractivity contribution in [2.75, 3.05) is 11.9 Å². The van der Waals surface area contributed by atoms with Gasteiger partial charge in [-0.1, -0.05) is 19.9 Å². The highest BCUT2D eigenvalue weighted by Crippen LogP contribution is 2.30. The Balaban J connectivity index is 1.50. The summed E-state index contributed by atoms with van der Waals surface area (Å²) in [5, 5.41) is 10.4. The minimum atomic E-state index is -0.349. The number of carbonyl (C=O) groups excluding carboxylic acids is 1. The fraction of sp³-hybridized carbons (Fsp3) is 0.240. The van der Waals surface area contributed by atoms with E-state index in [0.29, 0.717) is 42.5 Å². The third-order valence-electron chi connectivity index (χ3n) is 5.81. The average Bonchev–Trinajstić information content (AvgIpc) is 3.35. The SMILES string of the molecule is CC(C)c1cc(C(=O)N2CCc3nc(-c4ccncc4)nc(Nc4cccc(F)c4)c3C2)n[nH]1. The molecule has 0 spiro atoms. The molecule has 0 aliphatic carbocycles. The molecule has 8 nitrogen and oxygen atoms in total. The van der Waals surface area contributed by atoms with Crippen LogP contribution in [0.15, 0.2) is 54.9 Å². The smallest absolute Gasteiger partial charge is 0.274 e. The van der Waals surface area contributed by atoms with E-state index in [4.69, 9.17) is 9.97 Å². The van der Waals surface area contributed by atoms with Crippen molar-refractivity contribution in [2.24, 2.45) is 0 Å². The number of nitrogens with one attached hydrogen (secondary N) is 2. The number of aromatic nitrogens is 5. The molecule has 34 heavy (non-hydrogen) atoms. The van der Waals surface area contributed by atoms with Gasteiger partial charge in [-0.25, -0.2) is 14.4 Å². The van der Waals surface area contributed by atoms with E-state index >= 15 is 0 Å². The van der Waals surface area contributed by atoms with Gasteiger partial charge in [0.2, 0.25) is 0 Å². The number of hydrogen-bond donors (Lipinski definition) is 2. The Morgan fingerprint density at radius 3 is 2.71 bits per heavy atom. The maximum Gasteiger partial charge on any atom is 0.274 e. The lowest BCUT2D eigenvalue weighted by Crippen LogP contribution is -2.37. The molecule has 1 amide bonds. The number of pyridine rings is 1. The lowest BCUT2D eigenvalue weighted by Gasteiger charge is -2.29. The zero-order valence-electron chi connectivity index (χ0n) is 18.9. The lowest BCUT2D eigenvalue weighted by atomic mass is 10.0. The average molecular weight is 458 g/mol.